The maximum atomic E-state index is 15.3. The number of carboxylic acids is 1. The van der Waals surface area contributed by atoms with Crippen molar-refractivity contribution in [1.29, 1.82) is 0 Å². The molecular weight excluding hydrogens is 773 g/mol. The molecule has 2 N–H and O–H groups in total. The summed E-state index contributed by atoms with van der Waals surface area (Å²) in [5.41, 5.74) is 2.33. The van der Waals surface area contributed by atoms with Crippen LogP contribution in [0.5, 0.6) is 0 Å². The predicted molar refractivity (Wildman–Crippen MR) is 245 cm³/mol. The van der Waals surface area contributed by atoms with Gasteiger partial charge in [-0.3, -0.25) is 14.4 Å². The van der Waals surface area contributed by atoms with E-state index in [0.29, 0.717) is 30.1 Å². The Kier molecular flexibility index (Phi) is 11.4. The van der Waals surface area contributed by atoms with Crippen molar-refractivity contribution >= 4 is 17.8 Å². The molecule has 1 aromatic carbocycles. The first-order valence-corrected chi connectivity index (χ1v) is 24.2. The number of aromatic nitrogens is 2. The van der Waals surface area contributed by atoms with Gasteiger partial charge < -0.3 is 24.6 Å². The number of carbonyl (C=O) groups is 3. The first-order chi connectivity index (χ1) is 29.0. The smallest absolute Gasteiger partial charge is 0.309 e. The monoisotopic (exact) mass is 851 g/mol. The number of aliphatic carboxylic acids is 1. The summed E-state index contributed by atoms with van der Waals surface area (Å²) < 4.78 is 8.72. The molecule has 62 heavy (non-hydrogen) atoms. The SMILES string of the molecule is C=C(C)[C@@H]1CC[C@]2(C(=O)N[C@@H](C)c3nc(-c4ccccc4)cn3CCN(C)C)CC[C@]3(C)[C@H](CC[C@@H]4[C@@]5(C)CC[C@H](OC(=O)C6C[C@@H](C(=O)O)C6(C)C)C(C)(C)[C@@H]5CC[C@]43C)[C@@H]12. The molecule has 2 aromatic rings. The molecule has 0 spiro atoms. The van der Waals surface area contributed by atoms with Gasteiger partial charge >= 0.3 is 11.9 Å². The van der Waals surface area contributed by atoms with E-state index >= 15 is 4.79 Å². The zero-order chi connectivity index (χ0) is 44.9. The van der Waals surface area contributed by atoms with Crippen LogP contribution in [0.1, 0.15) is 145 Å². The highest BCUT2D eigenvalue weighted by Gasteiger charge is 2.72. The fourth-order valence-electron chi connectivity index (χ4n) is 16.1. The molecule has 9 nitrogen and oxygen atoms in total. The molecule has 0 aliphatic heterocycles. The van der Waals surface area contributed by atoms with E-state index in [-0.39, 0.29) is 57.5 Å². The summed E-state index contributed by atoms with van der Waals surface area (Å²) in [6, 6.07) is 10.1. The summed E-state index contributed by atoms with van der Waals surface area (Å²) in [7, 11) is 4.19. The van der Waals surface area contributed by atoms with Gasteiger partial charge in [0.2, 0.25) is 5.91 Å². The second kappa shape index (κ2) is 15.6. The number of likely N-dealkylation sites (N-methyl/N-ethyl adjacent to an activating group) is 1. The van der Waals surface area contributed by atoms with Crippen LogP contribution in [-0.2, 0) is 25.7 Å². The molecule has 0 radical (unpaired) electrons. The molecule has 1 amide bonds. The fraction of sp³-hybridized carbons (Fsp3) is 0.736. The largest absolute Gasteiger partial charge is 0.481 e. The van der Waals surface area contributed by atoms with Gasteiger partial charge in [0, 0.05) is 30.3 Å². The van der Waals surface area contributed by atoms with Crippen LogP contribution >= 0.6 is 0 Å². The van der Waals surface area contributed by atoms with Crippen LogP contribution in [-0.4, -0.2) is 64.1 Å². The van der Waals surface area contributed by atoms with Crippen molar-refractivity contribution in [2.24, 2.45) is 73.9 Å². The minimum absolute atomic E-state index is 0.0823. The van der Waals surface area contributed by atoms with E-state index in [4.69, 9.17) is 9.72 Å². The molecular formula is C53H78N4O5. The molecule has 13 atom stereocenters. The van der Waals surface area contributed by atoms with E-state index in [1.807, 2.05) is 19.9 Å². The number of allylic oxidation sites excluding steroid dienone is 1. The number of ether oxygens (including phenoxy) is 1. The molecule has 6 fully saturated rings. The summed E-state index contributed by atoms with van der Waals surface area (Å²) in [6.07, 6.45) is 12.7. The third-order valence-corrected chi connectivity index (χ3v) is 20.0. The Hall–Kier alpha value is -3.46. The van der Waals surface area contributed by atoms with Gasteiger partial charge in [0.25, 0.3) is 0 Å². The molecule has 6 aliphatic rings. The van der Waals surface area contributed by atoms with Crippen LogP contribution in [0.15, 0.2) is 48.7 Å². The van der Waals surface area contributed by atoms with Crippen molar-refractivity contribution in [3.8, 4) is 11.3 Å². The Bertz CT molecular complexity index is 2070. The number of fused-ring (bicyclic) bond motifs is 7. The summed E-state index contributed by atoms with van der Waals surface area (Å²) in [4.78, 5) is 48.2. The van der Waals surface area contributed by atoms with E-state index in [9.17, 15) is 14.7 Å². The number of nitrogens with zero attached hydrogens (tertiary/aromatic N) is 3. The van der Waals surface area contributed by atoms with Gasteiger partial charge in [0.05, 0.1) is 29.0 Å². The average molecular weight is 851 g/mol. The Balaban J connectivity index is 1.03. The molecule has 6 aliphatic carbocycles. The Morgan fingerprint density at radius 2 is 1.60 bits per heavy atom. The molecule has 6 saturated carbocycles. The standard InChI is InChI=1S/C53H78N4O5/c1-32(2)35-20-25-53(47(61)54-33(3)44-55-39(34-16-14-13-15-17-34)31-57(44)29-28-56(11)12)27-26-51(9)36(43(35)53)18-19-41-50(8)23-22-42(49(6,7)40(50)21-24-52(41,51)10)62-46(60)38-30-37(45(58)59)48(38,4)5/h13-17,31,33,35-38,40-43H,1,18-30H2,2-12H3,(H,54,61)(H,58,59)/t33-,35-,36+,37-,38?,40-,41+,42-,43+,50-,51+,52+,53-/m0/s1. The molecule has 9 heteroatoms. The van der Waals surface area contributed by atoms with Crippen molar-refractivity contribution < 1.29 is 24.2 Å². The lowest BCUT2D eigenvalue weighted by Gasteiger charge is -2.73. The molecule has 1 heterocycles. The average Bonchev–Trinajstić information content (AvgIpc) is 3.82. The molecule has 8 rings (SSSR count). The van der Waals surface area contributed by atoms with Crippen LogP contribution in [0.25, 0.3) is 11.3 Å². The first kappa shape index (κ1) is 45.1. The van der Waals surface area contributed by atoms with Gasteiger partial charge in [-0.05, 0) is 150 Å². The lowest BCUT2D eigenvalue weighted by molar-refractivity contribution is -0.251. The van der Waals surface area contributed by atoms with Crippen LogP contribution < -0.4 is 5.32 Å². The minimum Gasteiger partial charge on any atom is -0.481 e. The van der Waals surface area contributed by atoms with Gasteiger partial charge in [-0.2, -0.15) is 0 Å². The van der Waals surface area contributed by atoms with Gasteiger partial charge in [-0.15, -0.1) is 0 Å². The van der Waals surface area contributed by atoms with E-state index in [0.717, 1.165) is 94.4 Å². The lowest BCUT2D eigenvalue weighted by atomic mass is 9.32. The number of nitrogens with one attached hydrogen (secondary N) is 1. The second-order valence-corrected chi connectivity index (χ2v) is 23.7. The summed E-state index contributed by atoms with van der Waals surface area (Å²) in [5, 5.41) is 13.3. The number of amides is 1. The number of rotatable bonds is 11. The van der Waals surface area contributed by atoms with Crippen LogP contribution in [0.2, 0.25) is 0 Å². The number of hydrogen-bond acceptors (Lipinski definition) is 6. The van der Waals surface area contributed by atoms with Crippen molar-refractivity contribution in [1.82, 2.24) is 19.8 Å². The van der Waals surface area contributed by atoms with Crippen molar-refractivity contribution in [3.05, 3.63) is 54.5 Å². The summed E-state index contributed by atoms with van der Waals surface area (Å²) in [6.45, 7) is 27.0. The number of carbonyl (C=O) groups excluding carboxylic acids is 2. The number of benzene rings is 1. The number of carboxylic acid groups (broad SMARTS) is 1. The number of esters is 1. The maximum Gasteiger partial charge on any atom is 0.309 e. The highest BCUT2D eigenvalue weighted by Crippen LogP contribution is 2.77. The Morgan fingerprint density at radius 1 is 0.887 bits per heavy atom. The van der Waals surface area contributed by atoms with Crippen molar-refractivity contribution in [2.75, 3.05) is 20.6 Å². The van der Waals surface area contributed by atoms with E-state index < -0.39 is 22.7 Å². The third kappa shape index (κ3) is 6.77. The zero-order valence-electron chi connectivity index (χ0n) is 40.0. The van der Waals surface area contributed by atoms with Crippen molar-refractivity contribution in [3.63, 3.8) is 0 Å². The zero-order valence-corrected chi connectivity index (χ0v) is 40.0. The lowest BCUT2D eigenvalue weighted by Crippen LogP contribution is -2.67. The van der Waals surface area contributed by atoms with Crippen LogP contribution in [0, 0.1) is 73.9 Å². The Morgan fingerprint density at radius 3 is 2.24 bits per heavy atom. The molecule has 1 unspecified atom stereocenters. The normalized spacial score (nSPS) is 39.5. The highest BCUT2D eigenvalue weighted by molar-refractivity contribution is 5.84. The van der Waals surface area contributed by atoms with Gasteiger partial charge in [-0.25, -0.2) is 4.98 Å². The second-order valence-electron chi connectivity index (χ2n) is 23.7. The van der Waals surface area contributed by atoms with Crippen molar-refractivity contribution in [2.45, 2.75) is 152 Å². The van der Waals surface area contributed by atoms with Crippen LogP contribution in [0.3, 0.4) is 0 Å². The number of hydrogen-bond donors (Lipinski definition) is 2. The predicted octanol–water partition coefficient (Wildman–Crippen LogP) is 10.6. The topological polar surface area (TPSA) is 114 Å². The molecule has 0 saturated heterocycles. The molecule has 1 aromatic heterocycles. The fourth-order valence-corrected chi connectivity index (χ4v) is 16.1. The van der Waals surface area contributed by atoms with Gasteiger partial charge in [-0.1, -0.05) is 91.0 Å². The highest BCUT2D eigenvalue weighted by atomic mass is 16.5. The number of imidazole rings is 1. The van der Waals surface area contributed by atoms with Gasteiger partial charge in [0.1, 0.15) is 11.9 Å². The van der Waals surface area contributed by atoms with Crippen LogP contribution in [0.4, 0.5) is 0 Å². The van der Waals surface area contributed by atoms with E-state index in [2.05, 4.69) is 114 Å². The summed E-state index contributed by atoms with van der Waals surface area (Å²) >= 11 is 0. The summed E-state index contributed by atoms with van der Waals surface area (Å²) in [5.74, 6) is 1.19. The van der Waals surface area contributed by atoms with E-state index in [1.165, 1.54) is 5.57 Å². The quantitative estimate of drug-likeness (QED) is 0.171. The third-order valence-electron chi connectivity index (χ3n) is 20.0. The first-order valence-electron chi connectivity index (χ1n) is 24.2. The molecule has 0 bridgehead atoms. The maximum absolute atomic E-state index is 15.3. The molecule has 340 valence electrons. The van der Waals surface area contributed by atoms with Gasteiger partial charge in [0.15, 0.2) is 0 Å². The minimum atomic E-state index is -0.820. The van der Waals surface area contributed by atoms with E-state index in [1.54, 1.807) is 0 Å². The Labute approximate surface area is 372 Å².